The van der Waals surface area contributed by atoms with Gasteiger partial charge in [0.2, 0.25) is 5.91 Å². The fourth-order valence-corrected chi connectivity index (χ4v) is 2.98. The summed E-state index contributed by atoms with van der Waals surface area (Å²) in [4.78, 5) is 19.0. The van der Waals surface area contributed by atoms with Crippen molar-refractivity contribution < 1.29 is 4.79 Å². The molecule has 140 valence electrons. The fraction of sp³-hybridized carbons (Fsp3) is 0.455. The van der Waals surface area contributed by atoms with Crippen LogP contribution in [-0.2, 0) is 4.79 Å². The Morgan fingerprint density at radius 2 is 1.92 bits per heavy atom. The molecular formula is C22H31N3O. The molecule has 26 heavy (non-hydrogen) atoms. The number of aliphatic imine (C=N–C) groups is 1. The van der Waals surface area contributed by atoms with Gasteiger partial charge in [0.25, 0.3) is 0 Å². The Kier molecular flexibility index (Phi) is 7.34. The van der Waals surface area contributed by atoms with Gasteiger partial charge in [0.15, 0.2) is 0 Å². The van der Waals surface area contributed by atoms with E-state index in [0.29, 0.717) is 13.1 Å². The van der Waals surface area contributed by atoms with Crippen LogP contribution in [0.4, 0.5) is 0 Å². The van der Waals surface area contributed by atoms with Gasteiger partial charge in [0.1, 0.15) is 0 Å². The van der Waals surface area contributed by atoms with Gasteiger partial charge in [0.05, 0.1) is 18.8 Å². The normalized spacial score (nSPS) is 15.7. The average Bonchev–Trinajstić information content (AvgIpc) is 3.16. The number of hydrogen-bond acceptors (Lipinski definition) is 3. The molecule has 1 amide bonds. The van der Waals surface area contributed by atoms with Gasteiger partial charge >= 0.3 is 0 Å². The molecule has 1 fully saturated rings. The Labute approximate surface area is 157 Å². The van der Waals surface area contributed by atoms with Gasteiger partial charge in [-0.15, -0.1) is 0 Å². The highest BCUT2D eigenvalue weighted by Gasteiger charge is 2.22. The van der Waals surface area contributed by atoms with Gasteiger partial charge in [0, 0.05) is 24.2 Å². The summed E-state index contributed by atoms with van der Waals surface area (Å²) in [6.07, 6.45) is 6.18. The molecule has 1 aromatic carbocycles. The third kappa shape index (κ3) is 5.95. The maximum absolute atomic E-state index is 12.2. The van der Waals surface area contributed by atoms with E-state index in [2.05, 4.69) is 25.7 Å². The molecule has 1 aliphatic rings. The molecule has 0 radical (unpaired) electrons. The Balaban J connectivity index is 2.03. The minimum absolute atomic E-state index is 0.182. The average molecular weight is 354 g/mol. The van der Waals surface area contributed by atoms with Gasteiger partial charge in [-0.1, -0.05) is 49.1 Å². The topological polar surface area (TPSA) is 44.7 Å². The highest BCUT2D eigenvalue weighted by Crippen LogP contribution is 2.13. The molecule has 0 spiro atoms. The zero-order valence-electron chi connectivity index (χ0n) is 16.3. The van der Waals surface area contributed by atoms with Crippen molar-refractivity contribution in [1.29, 1.82) is 0 Å². The number of hydrogen-bond donors (Lipinski definition) is 1. The lowest BCUT2D eigenvalue weighted by molar-refractivity contribution is -0.129. The molecule has 1 N–H and O–H groups in total. The molecule has 4 heteroatoms. The van der Waals surface area contributed by atoms with Crippen LogP contribution < -0.4 is 5.32 Å². The molecule has 1 aliphatic heterocycles. The van der Waals surface area contributed by atoms with E-state index in [-0.39, 0.29) is 11.4 Å². The molecule has 1 saturated heterocycles. The highest BCUT2D eigenvalue weighted by molar-refractivity contribution is 6.13. The van der Waals surface area contributed by atoms with Crippen molar-refractivity contribution in [2.45, 2.75) is 39.2 Å². The maximum atomic E-state index is 12.2. The number of allylic oxidation sites excluding steroid dienone is 3. The predicted molar refractivity (Wildman–Crippen MR) is 110 cm³/mol. The number of carbonyl (C=O) groups is 1. The van der Waals surface area contributed by atoms with Crippen molar-refractivity contribution in [3.63, 3.8) is 0 Å². The zero-order chi connectivity index (χ0) is 19.0. The van der Waals surface area contributed by atoms with Crippen molar-refractivity contribution >= 4 is 11.6 Å². The van der Waals surface area contributed by atoms with Crippen LogP contribution in [0.15, 0.2) is 59.6 Å². The van der Waals surface area contributed by atoms with Gasteiger partial charge in [-0.3, -0.25) is 9.79 Å². The van der Waals surface area contributed by atoms with E-state index in [0.717, 1.165) is 42.8 Å². The van der Waals surface area contributed by atoms with Gasteiger partial charge < -0.3 is 10.2 Å². The third-order valence-electron chi connectivity index (χ3n) is 4.53. The fourth-order valence-electron chi connectivity index (χ4n) is 2.98. The summed E-state index contributed by atoms with van der Waals surface area (Å²) in [5.74, 6) is 0.182. The monoisotopic (exact) mass is 353 g/mol. The van der Waals surface area contributed by atoms with Crippen LogP contribution in [0.5, 0.6) is 0 Å². The molecular weight excluding hydrogens is 322 g/mol. The van der Waals surface area contributed by atoms with E-state index >= 15 is 0 Å². The van der Waals surface area contributed by atoms with Gasteiger partial charge in [-0.25, -0.2) is 0 Å². The van der Waals surface area contributed by atoms with Gasteiger partial charge in [-0.05, 0) is 39.2 Å². The van der Waals surface area contributed by atoms with Crippen molar-refractivity contribution in [2.75, 3.05) is 26.2 Å². The predicted octanol–water partition coefficient (Wildman–Crippen LogP) is 3.60. The minimum Gasteiger partial charge on any atom is -0.342 e. The molecule has 0 unspecified atom stereocenters. The first-order valence-electron chi connectivity index (χ1n) is 9.37. The Hall–Kier alpha value is -2.20. The van der Waals surface area contributed by atoms with E-state index in [9.17, 15) is 4.79 Å². The summed E-state index contributed by atoms with van der Waals surface area (Å²) >= 11 is 0. The molecule has 0 saturated carbocycles. The molecule has 1 heterocycles. The SMILES string of the molecule is C=C(/C=C\C)C(=NCC(C)(C)NCC(=O)N1CCCC1)c1ccccc1. The van der Waals surface area contributed by atoms with Crippen LogP contribution in [0.25, 0.3) is 0 Å². The number of amides is 1. The largest absolute Gasteiger partial charge is 0.342 e. The lowest BCUT2D eigenvalue weighted by Gasteiger charge is -2.26. The molecule has 1 aromatic rings. The van der Waals surface area contributed by atoms with Gasteiger partial charge in [-0.2, -0.15) is 0 Å². The van der Waals surface area contributed by atoms with Crippen molar-refractivity contribution in [3.8, 4) is 0 Å². The molecule has 4 nitrogen and oxygen atoms in total. The van der Waals surface area contributed by atoms with E-state index in [1.54, 1.807) is 0 Å². The van der Waals surface area contributed by atoms with Crippen LogP contribution >= 0.6 is 0 Å². The quantitative estimate of drug-likeness (QED) is 0.573. The molecule has 0 aliphatic carbocycles. The second-order valence-corrected chi connectivity index (χ2v) is 7.38. The van der Waals surface area contributed by atoms with E-state index < -0.39 is 0 Å². The minimum atomic E-state index is -0.272. The summed E-state index contributed by atoms with van der Waals surface area (Å²) in [6.45, 7) is 13.0. The summed E-state index contributed by atoms with van der Waals surface area (Å²) in [6, 6.07) is 10.1. The van der Waals surface area contributed by atoms with Crippen LogP contribution in [0.3, 0.4) is 0 Å². The Morgan fingerprint density at radius 1 is 1.27 bits per heavy atom. The summed E-state index contributed by atoms with van der Waals surface area (Å²) in [7, 11) is 0. The zero-order valence-corrected chi connectivity index (χ0v) is 16.3. The third-order valence-corrected chi connectivity index (χ3v) is 4.53. The van der Waals surface area contributed by atoms with E-state index in [1.165, 1.54) is 0 Å². The molecule has 0 bridgehead atoms. The second-order valence-electron chi connectivity index (χ2n) is 7.38. The first kappa shape index (κ1) is 20.1. The van der Waals surface area contributed by atoms with Crippen molar-refractivity contribution in [2.24, 2.45) is 4.99 Å². The van der Waals surface area contributed by atoms with Crippen LogP contribution in [0, 0.1) is 0 Å². The summed E-state index contributed by atoms with van der Waals surface area (Å²) < 4.78 is 0. The standard InChI is InChI=1S/C22H31N3O/c1-5-11-18(2)21(19-12-7-6-8-13-19)23-17-22(3,4)24-16-20(26)25-14-9-10-15-25/h5-8,11-13,24H,2,9-10,14-17H2,1,3-4H3/b11-5-,23-21?. The first-order valence-corrected chi connectivity index (χ1v) is 9.37. The number of nitrogens with zero attached hydrogens (tertiary/aromatic N) is 2. The number of benzene rings is 1. The Bertz CT molecular complexity index is 668. The second kappa shape index (κ2) is 9.48. The summed E-state index contributed by atoms with van der Waals surface area (Å²) in [5, 5.41) is 3.37. The number of nitrogens with one attached hydrogen (secondary N) is 1. The van der Waals surface area contributed by atoms with Crippen molar-refractivity contribution in [1.82, 2.24) is 10.2 Å². The lowest BCUT2D eigenvalue weighted by Crippen LogP contribution is -2.47. The lowest BCUT2D eigenvalue weighted by atomic mass is 10.0. The highest BCUT2D eigenvalue weighted by atomic mass is 16.2. The number of likely N-dealkylation sites (tertiary alicyclic amines) is 1. The smallest absolute Gasteiger partial charge is 0.236 e. The van der Waals surface area contributed by atoms with Crippen molar-refractivity contribution in [3.05, 3.63) is 60.2 Å². The van der Waals surface area contributed by atoms with Crippen LogP contribution in [0.1, 0.15) is 39.2 Å². The van der Waals surface area contributed by atoms with E-state index in [1.807, 2.05) is 54.3 Å². The Morgan fingerprint density at radius 3 is 2.54 bits per heavy atom. The molecule has 0 atom stereocenters. The first-order chi connectivity index (χ1) is 12.4. The van der Waals surface area contributed by atoms with Crippen LogP contribution in [-0.4, -0.2) is 48.2 Å². The molecule has 2 rings (SSSR count). The maximum Gasteiger partial charge on any atom is 0.236 e. The van der Waals surface area contributed by atoms with E-state index in [4.69, 9.17) is 4.99 Å². The number of rotatable bonds is 8. The van der Waals surface area contributed by atoms with Crippen LogP contribution in [0.2, 0.25) is 0 Å². The summed E-state index contributed by atoms with van der Waals surface area (Å²) in [5.41, 5.74) is 2.57. The molecule has 0 aromatic heterocycles. The number of carbonyl (C=O) groups excluding carboxylic acids is 1.